The highest BCUT2D eigenvalue weighted by Gasteiger charge is 2.46. The van der Waals surface area contributed by atoms with Crippen LogP contribution in [0.3, 0.4) is 0 Å². The van der Waals surface area contributed by atoms with Gasteiger partial charge in [0.05, 0.1) is 10.6 Å². The van der Waals surface area contributed by atoms with E-state index in [1.54, 1.807) is 0 Å². The summed E-state index contributed by atoms with van der Waals surface area (Å²) in [5.74, 6) is -5.87. The van der Waals surface area contributed by atoms with Crippen LogP contribution in [0.25, 0.3) is 11.3 Å². The minimum Gasteiger partial charge on any atom is -0.480 e. The van der Waals surface area contributed by atoms with Gasteiger partial charge in [0.25, 0.3) is 11.2 Å². The fourth-order valence-electron chi connectivity index (χ4n) is 2.91. The Morgan fingerprint density at radius 1 is 1.26 bits per heavy atom. The molecule has 1 aliphatic rings. The van der Waals surface area contributed by atoms with Crippen LogP contribution in [0.1, 0.15) is 10.4 Å². The van der Waals surface area contributed by atoms with Gasteiger partial charge in [-0.2, -0.15) is 5.10 Å². The maximum atomic E-state index is 12.6. The predicted octanol–water partition coefficient (Wildman–Crippen LogP) is 0.215. The highest BCUT2D eigenvalue weighted by atomic mass is 16.6. The van der Waals surface area contributed by atoms with Crippen LogP contribution < -0.4 is 10.5 Å². The molecule has 2 heterocycles. The van der Waals surface area contributed by atoms with Gasteiger partial charge in [0.15, 0.2) is 11.7 Å². The first kappa shape index (κ1) is 17.9. The van der Waals surface area contributed by atoms with Gasteiger partial charge in [0.1, 0.15) is 11.3 Å². The average molecular weight is 372 g/mol. The first-order valence-corrected chi connectivity index (χ1v) is 7.56. The summed E-state index contributed by atoms with van der Waals surface area (Å²) in [4.78, 5) is 60.0. The molecule has 1 unspecified atom stereocenters. The van der Waals surface area contributed by atoms with Crippen molar-refractivity contribution in [2.45, 2.75) is 0 Å². The Morgan fingerprint density at radius 2 is 1.93 bits per heavy atom. The minimum absolute atomic E-state index is 0.0242. The van der Waals surface area contributed by atoms with Crippen LogP contribution in [-0.4, -0.2) is 44.5 Å². The van der Waals surface area contributed by atoms with Crippen LogP contribution in [0.2, 0.25) is 0 Å². The Balaban J connectivity index is 2.37. The van der Waals surface area contributed by atoms with Crippen LogP contribution in [0.15, 0.2) is 29.1 Å². The number of hydrogen-bond donors (Lipinski definition) is 1. The number of nitro benzene ring substituents is 1. The second kappa shape index (κ2) is 6.12. The Hall–Kier alpha value is -3.89. The van der Waals surface area contributed by atoms with E-state index in [-0.39, 0.29) is 22.6 Å². The number of benzene rings is 1. The molecule has 27 heavy (non-hydrogen) atoms. The molecular weight excluding hydrogens is 360 g/mol. The van der Waals surface area contributed by atoms with Crippen LogP contribution in [0.4, 0.5) is 11.4 Å². The molecule has 0 fully saturated rings. The molecule has 0 saturated carbocycles. The lowest BCUT2D eigenvalue weighted by atomic mass is 9.90. The summed E-state index contributed by atoms with van der Waals surface area (Å²) in [5.41, 5.74) is -1.62. The summed E-state index contributed by atoms with van der Waals surface area (Å²) in [5, 5.41) is 24.3. The second-order valence-electron chi connectivity index (χ2n) is 5.84. The number of carboxylic acids is 1. The number of fused-ring (bicyclic) bond motifs is 1. The van der Waals surface area contributed by atoms with Gasteiger partial charge in [-0.05, 0) is 0 Å². The molecule has 0 aliphatic carbocycles. The molecule has 1 amide bonds. The molecule has 138 valence electrons. The normalized spacial score (nSPS) is 16.2. The van der Waals surface area contributed by atoms with Crippen LogP contribution >= 0.6 is 0 Å². The van der Waals surface area contributed by atoms with Gasteiger partial charge in [0.2, 0.25) is 5.91 Å². The summed E-state index contributed by atoms with van der Waals surface area (Å²) in [6.45, 7) is 0. The highest BCUT2D eigenvalue weighted by molar-refractivity contribution is 6.30. The third-order valence-electron chi connectivity index (χ3n) is 4.22. The van der Waals surface area contributed by atoms with E-state index in [4.69, 9.17) is 0 Å². The number of aromatic nitrogens is 2. The summed E-state index contributed by atoms with van der Waals surface area (Å²) in [6.07, 6.45) is 0. The van der Waals surface area contributed by atoms with Crippen molar-refractivity contribution in [2.24, 2.45) is 13.0 Å². The van der Waals surface area contributed by atoms with Crippen molar-refractivity contribution in [3.8, 4) is 11.3 Å². The zero-order valence-corrected chi connectivity index (χ0v) is 14.1. The molecule has 11 nitrogen and oxygen atoms in total. The molecule has 1 atom stereocenters. The van der Waals surface area contributed by atoms with Gasteiger partial charge < -0.3 is 10.0 Å². The third kappa shape index (κ3) is 2.65. The predicted molar refractivity (Wildman–Crippen MR) is 90.4 cm³/mol. The van der Waals surface area contributed by atoms with Crippen molar-refractivity contribution in [3.63, 3.8) is 0 Å². The van der Waals surface area contributed by atoms with Gasteiger partial charge in [-0.15, -0.1) is 0 Å². The lowest BCUT2D eigenvalue weighted by molar-refractivity contribution is -0.384. The molecule has 1 aromatic carbocycles. The molecule has 0 saturated heterocycles. The zero-order valence-electron chi connectivity index (χ0n) is 14.1. The monoisotopic (exact) mass is 372 g/mol. The van der Waals surface area contributed by atoms with Crippen molar-refractivity contribution < 1.29 is 24.4 Å². The number of amides is 1. The lowest BCUT2D eigenvalue weighted by Gasteiger charge is -2.29. The van der Waals surface area contributed by atoms with E-state index >= 15 is 0 Å². The first-order valence-electron chi connectivity index (χ1n) is 7.56. The molecule has 1 aliphatic heterocycles. The summed E-state index contributed by atoms with van der Waals surface area (Å²) in [6, 6.07) is 5.28. The number of nitrogens with zero attached hydrogens (tertiary/aromatic N) is 4. The number of carbonyl (C=O) groups is 3. The molecule has 2 aromatic rings. The fourth-order valence-corrected chi connectivity index (χ4v) is 2.91. The van der Waals surface area contributed by atoms with E-state index in [1.807, 2.05) is 0 Å². The van der Waals surface area contributed by atoms with E-state index in [0.29, 0.717) is 0 Å². The largest absolute Gasteiger partial charge is 0.480 e. The van der Waals surface area contributed by atoms with Crippen molar-refractivity contribution in [1.82, 2.24) is 9.78 Å². The molecule has 1 N–H and O–H groups in total. The number of hydrogen-bond acceptors (Lipinski definition) is 7. The van der Waals surface area contributed by atoms with Crippen molar-refractivity contribution in [2.75, 3.05) is 11.9 Å². The van der Waals surface area contributed by atoms with Crippen LogP contribution in [0, 0.1) is 16.0 Å². The smallest absolute Gasteiger partial charge is 0.324 e. The standard InChI is InChI=1S/C16H12N4O7/c1-18-12-9(13(21)10(14(18)22)16(24)25)15(23)19(2)17-11(12)7-4-3-5-8(6-7)20(26)27/h3-6,10H,1-2H3,(H,24,25). The third-order valence-corrected chi connectivity index (χ3v) is 4.22. The SMILES string of the molecule is CN1C(=O)C(C(=O)O)C(=O)c2c1c(-c1cccc([N+](=O)[O-])c1)nn(C)c2=O. The van der Waals surface area contributed by atoms with E-state index in [0.717, 1.165) is 9.58 Å². The molecule has 3 rings (SSSR count). The van der Waals surface area contributed by atoms with Gasteiger partial charge in [0, 0.05) is 31.8 Å². The number of nitro groups is 1. The Morgan fingerprint density at radius 3 is 2.52 bits per heavy atom. The van der Waals surface area contributed by atoms with Gasteiger partial charge in [-0.1, -0.05) is 12.1 Å². The van der Waals surface area contributed by atoms with Crippen LogP contribution in [0.5, 0.6) is 0 Å². The molecular formula is C16H12N4O7. The molecule has 1 aromatic heterocycles. The highest BCUT2D eigenvalue weighted by Crippen LogP contribution is 2.36. The molecule has 0 spiro atoms. The maximum absolute atomic E-state index is 12.6. The number of aryl methyl sites for hydroxylation is 1. The summed E-state index contributed by atoms with van der Waals surface area (Å²) >= 11 is 0. The molecule has 0 bridgehead atoms. The number of ketones is 1. The van der Waals surface area contributed by atoms with Gasteiger partial charge in [-0.25, -0.2) is 4.68 Å². The lowest BCUT2D eigenvalue weighted by Crippen LogP contribution is -2.49. The Bertz CT molecular complexity index is 1090. The number of carbonyl (C=O) groups excluding carboxylic acids is 2. The second-order valence-corrected chi connectivity index (χ2v) is 5.84. The number of aliphatic carboxylic acids is 1. The van der Waals surface area contributed by atoms with E-state index in [1.165, 1.54) is 38.4 Å². The van der Waals surface area contributed by atoms with Gasteiger partial charge in [-0.3, -0.25) is 29.3 Å². The van der Waals surface area contributed by atoms with E-state index in [9.17, 15) is 34.4 Å². The molecule has 0 radical (unpaired) electrons. The van der Waals surface area contributed by atoms with Gasteiger partial charge >= 0.3 is 5.97 Å². The Kier molecular flexibility index (Phi) is 4.06. The number of rotatable bonds is 3. The van der Waals surface area contributed by atoms with Crippen molar-refractivity contribution in [3.05, 3.63) is 50.3 Å². The quantitative estimate of drug-likeness (QED) is 0.456. The number of carboxylic acid groups (broad SMARTS) is 1. The number of Topliss-reactive ketones (excluding diaryl/α,β-unsaturated/α-hetero) is 1. The van der Waals surface area contributed by atoms with E-state index in [2.05, 4.69) is 5.10 Å². The van der Waals surface area contributed by atoms with Crippen molar-refractivity contribution >= 4 is 29.0 Å². The molecule has 11 heteroatoms. The van der Waals surface area contributed by atoms with Crippen LogP contribution in [-0.2, 0) is 16.6 Å². The van der Waals surface area contributed by atoms with E-state index < -0.39 is 39.6 Å². The maximum Gasteiger partial charge on any atom is 0.324 e. The first-order chi connectivity index (χ1) is 12.6. The number of non-ortho nitro benzene ring substituents is 1. The number of anilines is 1. The zero-order chi connectivity index (χ0) is 20.0. The fraction of sp³-hybridized carbons (Fsp3) is 0.188. The Labute approximate surface area is 150 Å². The summed E-state index contributed by atoms with van der Waals surface area (Å²) < 4.78 is 0.827. The minimum atomic E-state index is -2.03. The summed E-state index contributed by atoms with van der Waals surface area (Å²) in [7, 11) is 2.47. The topological polar surface area (TPSA) is 153 Å². The van der Waals surface area contributed by atoms with Crippen molar-refractivity contribution in [1.29, 1.82) is 0 Å². The average Bonchev–Trinajstić information content (AvgIpc) is 2.61.